The molecule has 0 aliphatic carbocycles. The van der Waals surface area contributed by atoms with Gasteiger partial charge in [-0.05, 0) is 37.8 Å². The maximum Gasteiger partial charge on any atom is 0.224 e. The number of para-hydroxylation sites is 1. The van der Waals surface area contributed by atoms with Crippen molar-refractivity contribution in [1.82, 2.24) is 15.1 Å². The van der Waals surface area contributed by atoms with E-state index in [1.807, 2.05) is 42.8 Å². The molecule has 0 atom stereocenters. The molecule has 0 radical (unpaired) electrons. The lowest BCUT2D eigenvalue weighted by atomic mass is 10.1. The van der Waals surface area contributed by atoms with Crippen molar-refractivity contribution in [3.63, 3.8) is 0 Å². The second-order valence-electron chi connectivity index (χ2n) is 6.81. The number of rotatable bonds is 8. The van der Waals surface area contributed by atoms with E-state index in [0.29, 0.717) is 18.9 Å². The van der Waals surface area contributed by atoms with Crippen molar-refractivity contribution in [2.45, 2.75) is 47.1 Å². The molecule has 0 saturated heterocycles. The van der Waals surface area contributed by atoms with E-state index in [9.17, 15) is 4.79 Å². The summed E-state index contributed by atoms with van der Waals surface area (Å²) in [7, 11) is 1.66. The van der Waals surface area contributed by atoms with E-state index in [1.165, 1.54) is 0 Å². The number of carbonyl (C=O) groups is 1. The maximum atomic E-state index is 12.3. The topological polar surface area (TPSA) is 56.1 Å². The SMILES string of the molecule is COc1ccccc1CCNC(=O)Cc1c(C)nn(CC(C)C)c1C. The van der Waals surface area contributed by atoms with Gasteiger partial charge in [0.2, 0.25) is 5.91 Å². The van der Waals surface area contributed by atoms with Crippen LogP contribution in [0.3, 0.4) is 0 Å². The minimum Gasteiger partial charge on any atom is -0.496 e. The minimum absolute atomic E-state index is 0.0326. The largest absolute Gasteiger partial charge is 0.496 e. The Morgan fingerprint density at radius 1 is 1.28 bits per heavy atom. The van der Waals surface area contributed by atoms with Crippen LogP contribution < -0.4 is 10.1 Å². The van der Waals surface area contributed by atoms with E-state index in [-0.39, 0.29) is 5.91 Å². The van der Waals surface area contributed by atoms with Gasteiger partial charge in [-0.25, -0.2) is 0 Å². The average molecular weight is 343 g/mol. The number of methoxy groups -OCH3 is 1. The number of ether oxygens (including phenoxy) is 1. The Kier molecular flexibility index (Phi) is 6.62. The zero-order valence-corrected chi connectivity index (χ0v) is 15.9. The van der Waals surface area contributed by atoms with Gasteiger partial charge in [0, 0.05) is 24.3 Å². The lowest BCUT2D eigenvalue weighted by molar-refractivity contribution is -0.120. The first-order valence-electron chi connectivity index (χ1n) is 8.83. The first kappa shape index (κ1) is 19.0. The van der Waals surface area contributed by atoms with Crippen LogP contribution in [0.1, 0.15) is 36.4 Å². The Bertz CT molecular complexity index is 720. The fourth-order valence-electron chi connectivity index (χ4n) is 2.98. The zero-order valence-electron chi connectivity index (χ0n) is 15.9. The summed E-state index contributed by atoms with van der Waals surface area (Å²) in [6.07, 6.45) is 1.13. The van der Waals surface area contributed by atoms with Crippen LogP contribution in [0.4, 0.5) is 0 Å². The second-order valence-corrected chi connectivity index (χ2v) is 6.81. The van der Waals surface area contributed by atoms with Crippen LogP contribution in [-0.4, -0.2) is 29.3 Å². The van der Waals surface area contributed by atoms with Gasteiger partial charge in [-0.2, -0.15) is 5.10 Å². The van der Waals surface area contributed by atoms with Gasteiger partial charge in [0.1, 0.15) is 5.75 Å². The van der Waals surface area contributed by atoms with E-state index in [2.05, 4.69) is 24.3 Å². The summed E-state index contributed by atoms with van der Waals surface area (Å²) in [5.74, 6) is 1.42. The van der Waals surface area contributed by atoms with Crippen molar-refractivity contribution in [1.29, 1.82) is 0 Å². The van der Waals surface area contributed by atoms with Gasteiger partial charge >= 0.3 is 0 Å². The molecule has 5 nitrogen and oxygen atoms in total. The van der Waals surface area contributed by atoms with Crippen molar-refractivity contribution < 1.29 is 9.53 Å². The van der Waals surface area contributed by atoms with Crippen molar-refractivity contribution >= 4 is 5.91 Å². The number of hydrogen-bond donors (Lipinski definition) is 1. The van der Waals surface area contributed by atoms with Gasteiger partial charge in [-0.1, -0.05) is 32.0 Å². The second kappa shape index (κ2) is 8.70. The van der Waals surface area contributed by atoms with Crippen LogP contribution in [0.15, 0.2) is 24.3 Å². The zero-order chi connectivity index (χ0) is 18.4. The molecule has 0 fully saturated rings. The summed E-state index contributed by atoms with van der Waals surface area (Å²) in [5, 5.41) is 7.58. The third kappa shape index (κ3) is 5.08. The quantitative estimate of drug-likeness (QED) is 0.801. The first-order chi connectivity index (χ1) is 11.9. The molecule has 1 aromatic heterocycles. The number of amides is 1. The lowest BCUT2D eigenvalue weighted by Gasteiger charge is -2.10. The van der Waals surface area contributed by atoms with Crippen LogP contribution in [0.5, 0.6) is 5.75 Å². The molecule has 1 heterocycles. The molecule has 2 rings (SSSR count). The highest BCUT2D eigenvalue weighted by Gasteiger charge is 2.15. The van der Waals surface area contributed by atoms with Gasteiger partial charge in [0.15, 0.2) is 0 Å². The summed E-state index contributed by atoms with van der Waals surface area (Å²) in [6, 6.07) is 7.89. The molecule has 0 saturated carbocycles. The smallest absolute Gasteiger partial charge is 0.224 e. The van der Waals surface area contributed by atoms with Crippen LogP contribution >= 0.6 is 0 Å². The summed E-state index contributed by atoms with van der Waals surface area (Å²) < 4.78 is 7.35. The van der Waals surface area contributed by atoms with E-state index in [4.69, 9.17) is 4.74 Å². The number of carbonyl (C=O) groups excluding carboxylic acids is 1. The Labute approximate surface area is 150 Å². The van der Waals surface area contributed by atoms with Crippen LogP contribution in [0.2, 0.25) is 0 Å². The average Bonchev–Trinajstić information content (AvgIpc) is 2.82. The van der Waals surface area contributed by atoms with E-state index in [1.54, 1.807) is 7.11 Å². The Hall–Kier alpha value is -2.30. The summed E-state index contributed by atoms with van der Waals surface area (Å²) in [6.45, 7) is 9.82. The standard InChI is InChI=1S/C20H29N3O2/c1-14(2)13-23-16(4)18(15(3)22-23)12-20(24)21-11-10-17-8-6-7-9-19(17)25-5/h6-9,14H,10-13H2,1-5H3,(H,21,24). The van der Waals surface area contributed by atoms with Crippen molar-refractivity contribution in [2.24, 2.45) is 5.92 Å². The molecule has 0 aliphatic heterocycles. The van der Waals surface area contributed by atoms with Crippen LogP contribution in [-0.2, 0) is 24.2 Å². The molecule has 0 bridgehead atoms. The van der Waals surface area contributed by atoms with Crippen LogP contribution in [0, 0.1) is 19.8 Å². The van der Waals surface area contributed by atoms with E-state index in [0.717, 1.165) is 41.2 Å². The number of aromatic nitrogens is 2. The number of nitrogens with zero attached hydrogens (tertiary/aromatic N) is 2. The molecule has 1 aromatic carbocycles. The van der Waals surface area contributed by atoms with E-state index < -0.39 is 0 Å². The van der Waals surface area contributed by atoms with Crippen LogP contribution in [0.25, 0.3) is 0 Å². The highest BCUT2D eigenvalue weighted by molar-refractivity contribution is 5.79. The highest BCUT2D eigenvalue weighted by atomic mass is 16.5. The molecule has 2 aromatic rings. The van der Waals surface area contributed by atoms with Gasteiger partial charge < -0.3 is 10.1 Å². The van der Waals surface area contributed by atoms with Crippen molar-refractivity contribution in [3.8, 4) is 5.75 Å². The van der Waals surface area contributed by atoms with Crippen molar-refractivity contribution in [2.75, 3.05) is 13.7 Å². The monoisotopic (exact) mass is 343 g/mol. The molecule has 0 spiro atoms. The number of nitrogens with one attached hydrogen (secondary N) is 1. The van der Waals surface area contributed by atoms with Crippen molar-refractivity contribution in [3.05, 3.63) is 46.8 Å². The fraction of sp³-hybridized carbons (Fsp3) is 0.500. The number of aryl methyl sites for hydroxylation is 1. The molecule has 0 aliphatic rings. The Morgan fingerprint density at radius 2 is 2.00 bits per heavy atom. The first-order valence-corrected chi connectivity index (χ1v) is 8.83. The normalized spacial score (nSPS) is 11.0. The molecular formula is C20H29N3O2. The minimum atomic E-state index is 0.0326. The molecular weight excluding hydrogens is 314 g/mol. The Morgan fingerprint density at radius 3 is 2.68 bits per heavy atom. The molecule has 25 heavy (non-hydrogen) atoms. The van der Waals surface area contributed by atoms with Gasteiger partial charge in [0.05, 0.1) is 19.2 Å². The molecule has 0 unspecified atom stereocenters. The predicted octanol–water partition coefficient (Wildman–Crippen LogP) is 3.07. The lowest BCUT2D eigenvalue weighted by Crippen LogP contribution is -2.27. The number of hydrogen-bond acceptors (Lipinski definition) is 3. The van der Waals surface area contributed by atoms with Gasteiger partial charge in [-0.3, -0.25) is 9.48 Å². The third-order valence-corrected chi connectivity index (χ3v) is 4.32. The van der Waals surface area contributed by atoms with Gasteiger partial charge in [0.25, 0.3) is 0 Å². The fourth-order valence-corrected chi connectivity index (χ4v) is 2.98. The summed E-state index contributed by atoms with van der Waals surface area (Å²) >= 11 is 0. The molecule has 5 heteroatoms. The van der Waals surface area contributed by atoms with Gasteiger partial charge in [-0.15, -0.1) is 0 Å². The predicted molar refractivity (Wildman–Crippen MR) is 100.0 cm³/mol. The molecule has 136 valence electrons. The summed E-state index contributed by atoms with van der Waals surface area (Å²) in [5.41, 5.74) is 4.17. The maximum absolute atomic E-state index is 12.3. The molecule has 1 amide bonds. The third-order valence-electron chi connectivity index (χ3n) is 4.32. The number of benzene rings is 1. The van der Waals surface area contributed by atoms with E-state index >= 15 is 0 Å². The Balaban J connectivity index is 1.91. The highest BCUT2D eigenvalue weighted by Crippen LogP contribution is 2.18. The summed E-state index contributed by atoms with van der Waals surface area (Å²) in [4.78, 5) is 12.3. The molecule has 1 N–H and O–H groups in total.